The number of hydrogen-bond acceptors (Lipinski definition) is 3. The molecule has 3 rings (SSSR count). The average molecular weight is 457 g/mol. The highest BCUT2D eigenvalue weighted by Crippen LogP contribution is 2.25. The van der Waals surface area contributed by atoms with Gasteiger partial charge >= 0.3 is 0 Å². The van der Waals surface area contributed by atoms with E-state index in [2.05, 4.69) is 18.0 Å². The molecule has 0 saturated heterocycles. The van der Waals surface area contributed by atoms with Gasteiger partial charge < -0.3 is 10.1 Å². The summed E-state index contributed by atoms with van der Waals surface area (Å²) < 4.78 is 6.04. The summed E-state index contributed by atoms with van der Waals surface area (Å²) in [6.45, 7) is 8.13. The molecule has 5 heteroatoms. The molecular weight excluding hydrogens is 432 g/mol. The standard InChI is InChI=1S/C28H25ClN2O2/c1-4-7-23-15-21(12-13-27(23)33-18-22-9-5-8-19(2)14-22)16-24(17-30)28(32)31-26-11-6-10-25(29)20(26)3/h4-6,8-16H,1,7,18H2,2-3H3,(H,31,32)/b24-16-. The van der Waals surface area contributed by atoms with Gasteiger partial charge in [-0.05, 0) is 72.9 Å². The molecule has 0 fully saturated rings. The van der Waals surface area contributed by atoms with Crippen molar-refractivity contribution in [1.29, 1.82) is 5.26 Å². The molecule has 0 atom stereocenters. The van der Waals surface area contributed by atoms with Gasteiger partial charge in [0.2, 0.25) is 0 Å². The van der Waals surface area contributed by atoms with Gasteiger partial charge in [0.1, 0.15) is 24.0 Å². The Kier molecular flexibility index (Phi) is 8.07. The van der Waals surface area contributed by atoms with E-state index in [0.29, 0.717) is 23.7 Å². The van der Waals surface area contributed by atoms with Gasteiger partial charge in [0.25, 0.3) is 5.91 Å². The average Bonchev–Trinajstić information content (AvgIpc) is 2.80. The van der Waals surface area contributed by atoms with Crippen molar-refractivity contribution in [3.05, 3.63) is 112 Å². The molecule has 33 heavy (non-hydrogen) atoms. The van der Waals surface area contributed by atoms with Gasteiger partial charge in [-0.2, -0.15) is 5.26 Å². The summed E-state index contributed by atoms with van der Waals surface area (Å²) in [6.07, 6.45) is 3.95. The van der Waals surface area contributed by atoms with E-state index < -0.39 is 5.91 Å². The minimum Gasteiger partial charge on any atom is -0.489 e. The molecule has 0 aliphatic heterocycles. The minimum atomic E-state index is -0.493. The van der Waals surface area contributed by atoms with Gasteiger partial charge in [0.15, 0.2) is 0 Å². The number of nitriles is 1. The normalized spacial score (nSPS) is 10.9. The van der Waals surface area contributed by atoms with Gasteiger partial charge in [-0.15, -0.1) is 6.58 Å². The highest BCUT2D eigenvalue weighted by atomic mass is 35.5. The first-order chi connectivity index (χ1) is 15.9. The number of halogens is 1. The second-order valence-corrected chi connectivity index (χ2v) is 8.08. The Morgan fingerprint density at radius 3 is 2.67 bits per heavy atom. The topological polar surface area (TPSA) is 62.1 Å². The molecule has 4 nitrogen and oxygen atoms in total. The summed E-state index contributed by atoms with van der Waals surface area (Å²) in [5.74, 6) is 0.249. The minimum absolute atomic E-state index is 0.00708. The second kappa shape index (κ2) is 11.2. The SMILES string of the molecule is C=CCc1cc(/C=C(/C#N)C(=O)Nc2cccc(Cl)c2C)ccc1OCc1cccc(C)c1. The maximum atomic E-state index is 12.7. The van der Waals surface area contributed by atoms with Crippen LogP contribution in [0.15, 0.2) is 78.9 Å². The Bertz CT molecular complexity index is 1250. The predicted molar refractivity (Wildman–Crippen MR) is 134 cm³/mol. The van der Waals surface area contributed by atoms with Crippen LogP contribution in [0.4, 0.5) is 5.69 Å². The third-order valence-electron chi connectivity index (χ3n) is 5.12. The van der Waals surface area contributed by atoms with Crippen molar-refractivity contribution in [3.63, 3.8) is 0 Å². The summed E-state index contributed by atoms with van der Waals surface area (Å²) in [4.78, 5) is 12.7. The van der Waals surface area contributed by atoms with Crippen molar-refractivity contribution in [3.8, 4) is 11.8 Å². The second-order valence-electron chi connectivity index (χ2n) is 7.67. The first-order valence-electron chi connectivity index (χ1n) is 10.5. The molecule has 0 aliphatic carbocycles. The van der Waals surface area contributed by atoms with E-state index in [1.54, 1.807) is 30.4 Å². The number of benzene rings is 3. The molecule has 1 amide bonds. The zero-order valence-electron chi connectivity index (χ0n) is 18.7. The maximum absolute atomic E-state index is 12.7. The van der Waals surface area contributed by atoms with E-state index in [-0.39, 0.29) is 5.57 Å². The Morgan fingerprint density at radius 2 is 1.94 bits per heavy atom. The van der Waals surface area contributed by atoms with Crippen LogP contribution in [0.25, 0.3) is 6.08 Å². The number of carbonyl (C=O) groups excluding carboxylic acids is 1. The van der Waals surface area contributed by atoms with E-state index >= 15 is 0 Å². The number of carbonyl (C=O) groups is 1. The number of amides is 1. The smallest absolute Gasteiger partial charge is 0.266 e. The monoisotopic (exact) mass is 456 g/mol. The number of nitrogens with zero attached hydrogens (tertiary/aromatic N) is 1. The maximum Gasteiger partial charge on any atom is 0.266 e. The van der Waals surface area contributed by atoms with Crippen LogP contribution in [-0.2, 0) is 17.8 Å². The molecule has 0 saturated carbocycles. The van der Waals surface area contributed by atoms with Crippen molar-refractivity contribution < 1.29 is 9.53 Å². The third-order valence-corrected chi connectivity index (χ3v) is 5.53. The van der Waals surface area contributed by atoms with Crippen LogP contribution in [0.5, 0.6) is 5.75 Å². The van der Waals surface area contributed by atoms with E-state index in [0.717, 1.165) is 28.0 Å². The fraction of sp³-hybridized carbons (Fsp3) is 0.143. The van der Waals surface area contributed by atoms with Crippen molar-refractivity contribution in [1.82, 2.24) is 0 Å². The number of aryl methyl sites for hydroxylation is 1. The van der Waals surface area contributed by atoms with Gasteiger partial charge in [0, 0.05) is 10.7 Å². The Labute approximate surface area is 199 Å². The fourth-order valence-electron chi connectivity index (χ4n) is 3.36. The number of hydrogen-bond donors (Lipinski definition) is 1. The van der Waals surface area contributed by atoms with Crippen molar-refractivity contribution >= 4 is 29.3 Å². The summed E-state index contributed by atoms with van der Waals surface area (Å²) in [7, 11) is 0. The highest BCUT2D eigenvalue weighted by molar-refractivity contribution is 6.31. The van der Waals surface area contributed by atoms with Crippen LogP contribution in [-0.4, -0.2) is 5.91 Å². The first kappa shape index (κ1) is 23.8. The number of anilines is 1. The quantitative estimate of drug-likeness (QED) is 0.230. The van der Waals surface area contributed by atoms with Gasteiger partial charge in [0.05, 0.1) is 0 Å². The number of ether oxygens (including phenoxy) is 1. The number of allylic oxidation sites excluding steroid dienone is 1. The van der Waals surface area contributed by atoms with Crippen molar-refractivity contribution in [2.24, 2.45) is 0 Å². The third kappa shape index (κ3) is 6.35. The lowest BCUT2D eigenvalue weighted by molar-refractivity contribution is -0.112. The Hall–Kier alpha value is -3.81. The lowest BCUT2D eigenvalue weighted by Crippen LogP contribution is -2.14. The van der Waals surface area contributed by atoms with Crippen LogP contribution in [0.1, 0.15) is 27.8 Å². The van der Waals surface area contributed by atoms with Gasteiger partial charge in [-0.25, -0.2) is 0 Å². The molecule has 0 radical (unpaired) electrons. The Balaban J connectivity index is 1.81. The molecule has 3 aromatic carbocycles. The molecule has 0 heterocycles. The van der Waals surface area contributed by atoms with E-state index in [1.165, 1.54) is 5.56 Å². The molecule has 0 unspecified atom stereocenters. The molecule has 166 valence electrons. The van der Waals surface area contributed by atoms with Gasteiger partial charge in [-0.3, -0.25) is 4.79 Å². The van der Waals surface area contributed by atoms with Crippen LogP contribution in [0, 0.1) is 25.2 Å². The first-order valence-corrected chi connectivity index (χ1v) is 10.9. The summed E-state index contributed by atoms with van der Waals surface area (Å²) in [5, 5.41) is 12.9. The largest absolute Gasteiger partial charge is 0.489 e. The van der Waals surface area contributed by atoms with Crippen LogP contribution in [0.2, 0.25) is 5.02 Å². The van der Waals surface area contributed by atoms with Crippen LogP contribution in [0.3, 0.4) is 0 Å². The predicted octanol–water partition coefficient (Wildman–Crippen LogP) is 6.81. The molecular formula is C28H25ClN2O2. The molecule has 0 spiro atoms. The Morgan fingerprint density at radius 1 is 1.15 bits per heavy atom. The molecule has 0 bridgehead atoms. The number of nitrogens with one attached hydrogen (secondary N) is 1. The van der Waals surface area contributed by atoms with Crippen LogP contribution >= 0.6 is 11.6 Å². The fourth-order valence-corrected chi connectivity index (χ4v) is 3.53. The van der Waals surface area contributed by atoms with Crippen LogP contribution < -0.4 is 10.1 Å². The van der Waals surface area contributed by atoms with E-state index in [1.807, 2.05) is 56.3 Å². The molecule has 3 aromatic rings. The molecule has 0 aromatic heterocycles. The van der Waals surface area contributed by atoms with E-state index in [4.69, 9.17) is 16.3 Å². The van der Waals surface area contributed by atoms with Crippen molar-refractivity contribution in [2.45, 2.75) is 26.9 Å². The van der Waals surface area contributed by atoms with E-state index in [9.17, 15) is 10.1 Å². The van der Waals surface area contributed by atoms with Crippen molar-refractivity contribution in [2.75, 3.05) is 5.32 Å². The zero-order valence-corrected chi connectivity index (χ0v) is 19.4. The summed E-state index contributed by atoms with van der Waals surface area (Å²) >= 11 is 6.12. The lowest BCUT2D eigenvalue weighted by atomic mass is 10.0. The summed E-state index contributed by atoms with van der Waals surface area (Å²) in [5.41, 5.74) is 5.22. The zero-order chi connectivity index (χ0) is 23.8. The number of rotatable bonds is 8. The molecule has 0 aliphatic rings. The molecule has 1 N–H and O–H groups in total. The summed E-state index contributed by atoms with van der Waals surface area (Å²) in [6, 6.07) is 21.0. The lowest BCUT2D eigenvalue weighted by Gasteiger charge is -2.12. The highest BCUT2D eigenvalue weighted by Gasteiger charge is 2.13. The van der Waals surface area contributed by atoms with Gasteiger partial charge in [-0.1, -0.05) is 59.6 Å².